The Hall–Kier alpha value is -1.13. The van der Waals surface area contributed by atoms with Crippen LogP contribution in [0.25, 0.3) is 10.2 Å². The summed E-state index contributed by atoms with van der Waals surface area (Å²) in [4.78, 5) is 24.6. The summed E-state index contributed by atoms with van der Waals surface area (Å²) in [7, 11) is 0. The molecule has 32 heavy (non-hydrogen) atoms. The highest BCUT2D eigenvalue weighted by atomic mass is 79.9. The third kappa shape index (κ3) is 5.50. The van der Waals surface area contributed by atoms with Crippen molar-refractivity contribution in [3.05, 3.63) is 39.2 Å². The van der Waals surface area contributed by atoms with Gasteiger partial charge in [-0.2, -0.15) is 0 Å². The maximum atomic E-state index is 12.6. The molecule has 0 aliphatic carbocycles. The van der Waals surface area contributed by atoms with E-state index in [0.29, 0.717) is 12.4 Å². The Balaban J connectivity index is 1.61. The summed E-state index contributed by atoms with van der Waals surface area (Å²) in [5.74, 6) is 1.23. The zero-order chi connectivity index (χ0) is 22.7. The lowest BCUT2D eigenvalue weighted by Gasteiger charge is -2.33. The van der Waals surface area contributed by atoms with E-state index in [2.05, 4.69) is 42.0 Å². The number of nitrogens with one attached hydrogen (secondary N) is 1. The molecule has 1 amide bonds. The molecule has 1 aliphatic heterocycles. The van der Waals surface area contributed by atoms with Crippen molar-refractivity contribution in [2.24, 2.45) is 0 Å². The van der Waals surface area contributed by atoms with Gasteiger partial charge in [-0.3, -0.25) is 4.79 Å². The lowest BCUT2D eigenvalue weighted by atomic mass is 9.90. The minimum absolute atomic E-state index is 0.0438. The second kappa shape index (κ2) is 10.4. The van der Waals surface area contributed by atoms with Gasteiger partial charge < -0.3 is 10.1 Å². The summed E-state index contributed by atoms with van der Waals surface area (Å²) in [6.07, 6.45) is 2.86. The standard InChI is InChI=1S/C23H26BrN3O2S3/c1-4-10-30-22-26-20(31-13-18(28)25-15-8-6-14(24)7-9-15)19-16-11-23(3,5-2)29-12-17(16)32-21(19)27-22/h6-9H,4-5,10-13H2,1-3H3,(H,25,28)/t23-/m0/s1. The summed E-state index contributed by atoms with van der Waals surface area (Å²) in [6, 6.07) is 7.60. The normalized spacial score (nSPS) is 18.0. The molecule has 1 aromatic carbocycles. The first-order valence-corrected chi connectivity index (χ1v) is 14.3. The number of halogens is 1. The van der Waals surface area contributed by atoms with E-state index < -0.39 is 0 Å². The summed E-state index contributed by atoms with van der Waals surface area (Å²) in [5.41, 5.74) is 1.91. The summed E-state index contributed by atoms with van der Waals surface area (Å²) < 4.78 is 7.14. The lowest BCUT2D eigenvalue weighted by molar-refractivity contribution is -0.113. The third-order valence-corrected chi connectivity index (χ3v) is 9.09. The molecule has 5 nitrogen and oxygen atoms in total. The van der Waals surface area contributed by atoms with Crippen LogP contribution < -0.4 is 5.32 Å². The molecule has 0 spiro atoms. The Morgan fingerprint density at radius 2 is 2.03 bits per heavy atom. The van der Waals surface area contributed by atoms with Gasteiger partial charge >= 0.3 is 0 Å². The molecule has 2 aromatic heterocycles. The van der Waals surface area contributed by atoms with Crippen molar-refractivity contribution in [1.82, 2.24) is 9.97 Å². The summed E-state index contributed by atoms with van der Waals surface area (Å²) in [5, 5.41) is 5.76. The quantitative estimate of drug-likeness (QED) is 0.186. The van der Waals surface area contributed by atoms with Gasteiger partial charge in [0.25, 0.3) is 0 Å². The van der Waals surface area contributed by atoms with Gasteiger partial charge in [-0.05, 0) is 49.6 Å². The number of hydrogen-bond donors (Lipinski definition) is 1. The monoisotopic (exact) mass is 551 g/mol. The molecular formula is C23H26BrN3O2S3. The second-order valence-electron chi connectivity index (χ2n) is 7.96. The molecule has 4 rings (SSSR count). The van der Waals surface area contributed by atoms with Crippen molar-refractivity contribution in [2.45, 2.75) is 62.4 Å². The van der Waals surface area contributed by atoms with E-state index in [1.54, 1.807) is 23.1 Å². The molecule has 0 bridgehead atoms. The largest absolute Gasteiger partial charge is 0.369 e. The number of anilines is 1. The van der Waals surface area contributed by atoms with Crippen LogP contribution in [0.2, 0.25) is 0 Å². The van der Waals surface area contributed by atoms with Crippen LogP contribution in [0.1, 0.15) is 44.1 Å². The maximum absolute atomic E-state index is 12.6. The van der Waals surface area contributed by atoms with Crippen molar-refractivity contribution in [2.75, 3.05) is 16.8 Å². The topological polar surface area (TPSA) is 64.1 Å². The second-order valence-corrected chi connectivity index (χ2v) is 12.0. The lowest BCUT2D eigenvalue weighted by Crippen LogP contribution is -2.33. The minimum Gasteiger partial charge on any atom is -0.369 e. The van der Waals surface area contributed by atoms with Gasteiger partial charge in [-0.1, -0.05) is 53.3 Å². The van der Waals surface area contributed by atoms with Gasteiger partial charge in [0.05, 0.1) is 18.0 Å². The van der Waals surface area contributed by atoms with E-state index in [-0.39, 0.29) is 11.5 Å². The number of ether oxygens (including phenoxy) is 1. The number of fused-ring (bicyclic) bond motifs is 3. The van der Waals surface area contributed by atoms with Crippen LogP contribution in [-0.4, -0.2) is 33.0 Å². The van der Waals surface area contributed by atoms with Crippen molar-refractivity contribution in [1.29, 1.82) is 0 Å². The van der Waals surface area contributed by atoms with E-state index in [0.717, 1.165) is 55.6 Å². The number of aromatic nitrogens is 2. The summed E-state index contributed by atoms with van der Waals surface area (Å²) in [6.45, 7) is 7.11. The molecule has 3 heterocycles. The van der Waals surface area contributed by atoms with Crippen LogP contribution in [-0.2, 0) is 22.6 Å². The number of carbonyl (C=O) groups excluding carboxylic acids is 1. The Morgan fingerprint density at radius 1 is 1.25 bits per heavy atom. The molecule has 1 aliphatic rings. The van der Waals surface area contributed by atoms with Crippen LogP contribution >= 0.6 is 50.8 Å². The van der Waals surface area contributed by atoms with E-state index in [4.69, 9.17) is 14.7 Å². The number of amides is 1. The van der Waals surface area contributed by atoms with Crippen molar-refractivity contribution in [3.63, 3.8) is 0 Å². The fourth-order valence-electron chi connectivity index (χ4n) is 3.47. The number of carbonyl (C=O) groups is 1. The predicted molar refractivity (Wildman–Crippen MR) is 139 cm³/mol. The molecule has 1 atom stereocenters. The van der Waals surface area contributed by atoms with Crippen molar-refractivity contribution in [3.8, 4) is 0 Å². The van der Waals surface area contributed by atoms with E-state index in [1.807, 2.05) is 24.3 Å². The van der Waals surface area contributed by atoms with Gasteiger partial charge in [-0.25, -0.2) is 9.97 Å². The van der Waals surface area contributed by atoms with Crippen molar-refractivity contribution >= 4 is 72.6 Å². The van der Waals surface area contributed by atoms with Gasteiger partial charge in [0.15, 0.2) is 5.16 Å². The predicted octanol–water partition coefficient (Wildman–Crippen LogP) is 6.93. The molecule has 3 aromatic rings. The highest BCUT2D eigenvalue weighted by molar-refractivity contribution is 9.10. The van der Waals surface area contributed by atoms with E-state index in [9.17, 15) is 4.79 Å². The Kier molecular flexibility index (Phi) is 7.82. The van der Waals surface area contributed by atoms with Crippen LogP contribution in [0.4, 0.5) is 5.69 Å². The molecule has 0 unspecified atom stereocenters. The number of thiophene rings is 1. The Bertz CT molecular complexity index is 1120. The van der Waals surface area contributed by atoms with E-state index in [1.165, 1.54) is 22.2 Å². The molecule has 170 valence electrons. The fourth-order valence-corrected chi connectivity index (χ4v) is 6.57. The van der Waals surface area contributed by atoms with Crippen LogP contribution in [0.5, 0.6) is 0 Å². The molecule has 0 fully saturated rings. The zero-order valence-electron chi connectivity index (χ0n) is 18.4. The Labute approximate surface area is 209 Å². The van der Waals surface area contributed by atoms with Crippen LogP contribution in [0.3, 0.4) is 0 Å². The highest BCUT2D eigenvalue weighted by Crippen LogP contribution is 2.43. The number of benzene rings is 1. The molecule has 0 saturated heterocycles. The highest BCUT2D eigenvalue weighted by Gasteiger charge is 2.33. The van der Waals surface area contributed by atoms with Gasteiger partial charge in [0, 0.05) is 32.6 Å². The number of rotatable bonds is 8. The smallest absolute Gasteiger partial charge is 0.234 e. The SMILES string of the molecule is CCCSc1nc(SCC(=O)Nc2ccc(Br)cc2)c2c3c(sc2n1)CO[C@@](C)(CC)C3. The van der Waals surface area contributed by atoms with Gasteiger partial charge in [0.1, 0.15) is 9.86 Å². The summed E-state index contributed by atoms with van der Waals surface area (Å²) >= 11 is 8.29. The maximum Gasteiger partial charge on any atom is 0.234 e. The molecule has 9 heteroatoms. The molecule has 1 N–H and O–H groups in total. The van der Waals surface area contributed by atoms with Gasteiger partial charge in [-0.15, -0.1) is 11.3 Å². The van der Waals surface area contributed by atoms with Crippen LogP contribution in [0.15, 0.2) is 38.9 Å². The average Bonchev–Trinajstić information content (AvgIpc) is 3.15. The first kappa shape index (κ1) is 24.0. The number of thioether (sulfide) groups is 2. The van der Waals surface area contributed by atoms with Gasteiger partial charge in [0.2, 0.25) is 5.91 Å². The Morgan fingerprint density at radius 3 is 2.75 bits per heavy atom. The minimum atomic E-state index is -0.169. The average molecular weight is 553 g/mol. The fraction of sp³-hybridized carbons (Fsp3) is 0.435. The number of hydrogen-bond acceptors (Lipinski definition) is 7. The first-order valence-electron chi connectivity index (χ1n) is 10.7. The molecule has 0 radical (unpaired) electrons. The third-order valence-electron chi connectivity index (χ3n) is 5.43. The zero-order valence-corrected chi connectivity index (χ0v) is 22.4. The molecular weight excluding hydrogens is 526 g/mol. The first-order chi connectivity index (χ1) is 15.4. The number of nitrogens with zero attached hydrogens (tertiary/aromatic N) is 2. The molecule has 0 saturated carbocycles. The van der Waals surface area contributed by atoms with Crippen molar-refractivity contribution < 1.29 is 9.53 Å². The van der Waals surface area contributed by atoms with E-state index >= 15 is 0 Å². The van der Waals surface area contributed by atoms with Crippen LogP contribution in [0, 0.1) is 0 Å².